The smallest absolute Gasteiger partial charge is 0.322 e. The first-order valence-electron chi connectivity index (χ1n) is 8.51. The lowest BCUT2D eigenvalue weighted by Gasteiger charge is -2.12. The fraction of sp³-hybridized carbons (Fsp3) is 0.0500. The average molecular weight is 496 g/mol. The highest BCUT2D eigenvalue weighted by Crippen LogP contribution is 2.33. The molecule has 152 valence electrons. The molecule has 0 aliphatic heterocycles. The van der Waals surface area contributed by atoms with E-state index in [0.29, 0.717) is 20.8 Å². The van der Waals surface area contributed by atoms with E-state index in [4.69, 9.17) is 11.6 Å². The number of benzene rings is 2. The molecule has 0 spiro atoms. The minimum Gasteiger partial charge on any atom is -0.322 e. The number of carbonyl (C=O) groups excluding carboxylic acids is 1. The fourth-order valence-corrected chi connectivity index (χ4v) is 3.22. The van der Waals surface area contributed by atoms with Crippen LogP contribution in [0.15, 0.2) is 65.3 Å². The number of carbonyl (C=O) groups is 1. The largest absolute Gasteiger partial charge is 0.433 e. The van der Waals surface area contributed by atoms with Crippen molar-refractivity contribution in [2.75, 3.05) is 5.32 Å². The van der Waals surface area contributed by atoms with Gasteiger partial charge in [0.1, 0.15) is 5.56 Å². The normalized spacial score (nSPS) is 11.6. The molecule has 5 nitrogen and oxygen atoms in total. The number of aromatic nitrogens is 3. The summed E-state index contributed by atoms with van der Waals surface area (Å²) in [4.78, 5) is 17.0. The highest BCUT2D eigenvalue weighted by atomic mass is 79.9. The number of nitrogens with one attached hydrogen (secondary N) is 1. The van der Waals surface area contributed by atoms with Crippen molar-refractivity contribution in [1.82, 2.24) is 14.6 Å². The second kappa shape index (κ2) is 7.73. The number of amides is 1. The third kappa shape index (κ3) is 4.03. The zero-order valence-electron chi connectivity index (χ0n) is 14.9. The van der Waals surface area contributed by atoms with E-state index in [-0.39, 0.29) is 16.9 Å². The highest BCUT2D eigenvalue weighted by molar-refractivity contribution is 9.10. The van der Waals surface area contributed by atoms with Crippen LogP contribution in [0.3, 0.4) is 0 Å². The molecule has 4 aromatic rings. The summed E-state index contributed by atoms with van der Waals surface area (Å²) in [5, 5.41) is 6.85. The Kier molecular flexibility index (Phi) is 5.25. The van der Waals surface area contributed by atoms with Gasteiger partial charge >= 0.3 is 6.18 Å². The molecule has 1 N–H and O–H groups in total. The van der Waals surface area contributed by atoms with Crippen LogP contribution in [0.5, 0.6) is 0 Å². The Morgan fingerprint density at radius 3 is 2.37 bits per heavy atom. The molecule has 0 unspecified atom stereocenters. The average Bonchev–Trinajstić information content (AvgIpc) is 3.13. The number of anilines is 1. The van der Waals surface area contributed by atoms with Crippen molar-refractivity contribution in [1.29, 1.82) is 0 Å². The van der Waals surface area contributed by atoms with Gasteiger partial charge in [-0.25, -0.2) is 9.50 Å². The van der Waals surface area contributed by atoms with Crippen LogP contribution in [0, 0.1) is 0 Å². The second-order valence-corrected chi connectivity index (χ2v) is 7.64. The van der Waals surface area contributed by atoms with Crippen molar-refractivity contribution in [2.45, 2.75) is 6.18 Å². The van der Waals surface area contributed by atoms with Crippen molar-refractivity contribution in [3.8, 4) is 11.3 Å². The lowest BCUT2D eigenvalue weighted by atomic mass is 10.1. The van der Waals surface area contributed by atoms with E-state index >= 15 is 0 Å². The van der Waals surface area contributed by atoms with Gasteiger partial charge < -0.3 is 5.32 Å². The van der Waals surface area contributed by atoms with E-state index < -0.39 is 17.8 Å². The Balaban J connectivity index is 1.83. The highest BCUT2D eigenvalue weighted by Gasteiger charge is 2.36. The molecule has 0 radical (unpaired) electrons. The molecule has 0 saturated carbocycles. The Hall–Kier alpha value is -2.91. The van der Waals surface area contributed by atoms with E-state index in [1.165, 1.54) is 0 Å². The predicted octanol–water partition coefficient (Wildman–Crippen LogP) is 6.08. The molecule has 0 saturated heterocycles. The molecule has 0 bridgehead atoms. The predicted molar refractivity (Wildman–Crippen MR) is 111 cm³/mol. The molecular formula is C20H11BrClF3N4O. The van der Waals surface area contributed by atoms with Gasteiger partial charge in [-0.2, -0.15) is 18.3 Å². The summed E-state index contributed by atoms with van der Waals surface area (Å²) in [5.41, 5.74) is -0.344. The molecule has 1 amide bonds. The fourth-order valence-electron chi connectivity index (χ4n) is 2.83. The van der Waals surface area contributed by atoms with Crippen LogP contribution < -0.4 is 5.32 Å². The van der Waals surface area contributed by atoms with Gasteiger partial charge in [-0.15, -0.1) is 0 Å². The van der Waals surface area contributed by atoms with Crippen LogP contribution in [0.4, 0.5) is 18.9 Å². The van der Waals surface area contributed by atoms with Gasteiger partial charge in [-0.3, -0.25) is 4.79 Å². The lowest BCUT2D eigenvalue weighted by molar-refractivity contribution is -0.142. The van der Waals surface area contributed by atoms with Crippen LogP contribution in [0.25, 0.3) is 16.9 Å². The summed E-state index contributed by atoms with van der Waals surface area (Å²) >= 11 is 9.11. The van der Waals surface area contributed by atoms with Crippen LogP contribution in [-0.2, 0) is 6.18 Å². The number of hydrogen-bond donors (Lipinski definition) is 1. The monoisotopic (exact) mass is 494 g/mol. The zero-order valence-corrected chi connectivity index (χ0v) is 17.3. The summed E-state index contributed by atoms with van der Waals surface area (Å²) in [7, 11) is 0. The van der Waals surface area contributed by atoms with Crippen LogP contribution in [0.1, 0.15) is 16.1 Å². The molecule has 2 aromatic heterocycles. The van der Waals surface area contributed by atoms with Crippen LogP contribution >= 0.6 is 27.5 Å². The van der Waals surface area contributed by atoms with Crippen molar-refractivity contribution < 1.29 is 18.0 Å². The Bertz CT molecular complexity index is 1240. The number of rotatable bonds is 3. The van der Waals surface area contributed by atoms with Gasteiger partial charge in [0.05, 0.1) is 11.9 Å². The van der Waals surface area contributed by atoms with Crippen molar-refractivity contribution in [3.63, 3.8) is 0 Å². The lowest BCUT2D eigenvalue weighted by Crippen LogP contribution is -2.15. The molecule has 0 aliphatic rings. The van der Waals surface area contributed by atoms with Crippen molar-refractivity contribution >= 4 is 44.8 Å². The van der Waals surface area contributed by atoms with E-state index in [1.807, 2.05) is 0 Å². The Labute approximate surface area is 181 Å². The Morgan fingerprint density at radius 1 is 1.07 bits per heavy atom. The first-order valence-corrected chi connectivity index (χ1v) is 9.68. The van der Waals surface area contributed by atoms with Crippen LogP contribution in [0.2, 0.25) is 5.02 Å². The summed E-state index contributed by atoms with van der Waals surface area (Å²) in [6, 6.07) is 13.9. The maximum Gasteiger partial charge on any atom is 0.433 e. The van der Waals surface area contributed by atoms with Gasteiger partial charge in [-0.1, -0.05) is 39.7 Å². The SMILES string of the molecule is O=C(Nc1ccc(Cl)cc1)c1cnn2c(C(F)(F)F)cc(-c3ccc(Br)cc3)nc12. The van der Waals surface area contributed by atoms with Gasteiger partial charge in [0.15, 0.2) is 11.3 Å². The maximum absolute atomic E-state index is 13.7. The number of halogens is 5. The summed E-state index contributed by atoms with van der Waals surface area (Å²) in [6.07, 6.45) is -3.63. The number of fused-ring (bicyclic) bond motifs is 1. The quantitative estimate of drug-likeness (QED) is 0.375. The first kappa shape index (κ1) is 20.4. The second-order valence-electron chi connectivity index (χ2n) is 6.29. The topological polar surface area (TPSA) is 59.3 Å². The molecule has 4 rings (SSSR count). The number of hydrogen-bond acceptors (Lipinski definition) is 3. The zero-order chi connectivity index (χ0) is 21.5. The Morgan fingerprint density at radius 2 is 1.73 bits per heavy atom. The minimum atomic E-state index is -4.69. The summed E-state index contributed by atoms with van der Waals surface area (Å²) in [5.74, 6) is -0.638. The van der Waals surface area contributed by atoms with Gasteiger partial charge in [-0.05, 0) is 42.5 Å². The molecule has 30 heavy (non-hydrogen) atoms. The van der Waals surface area contributed by atoms with Gasteiger partial charge in [0, 0.05) is 20.7 Å². The van der Waals surface area contributed by atoms with Crippen molar-refractivity contribution in [2.24, 2.45) is 0 Å². The molecule has 2 aromatic carbocycles. The summed E-state index contributed by atoms with van der Waals surface area (Å²) < 4.78 is 42.4. The van der Waals surface area contributed by atoms with Gasteiger partial charge in [0.25, 0.3) is 5.91 Å². The van der Waals surface area contributed by atoms with E-state index in [9.17, 15) is 18.0 Å². The number of nitrogens with zero attached hydrogens (tertiary/aromatic N) is 3. The van der Waals surface area contributed by atoms with E-state index in [1.54, 1.807) is 48.5 Å². The third-order valence-corrected chi connectivity index (χ3v) is 5.03. The molecule has 10 heteroatoms. The standard InChI is InChI=1S/C20H11BrClF3N4O/c21-12-3-1-11(2-4-12)16-9-17(20(23,24)25)29-18(28-16)15(10-26-29)19(30)27-14-7-5-13(22)6-8-14/h1-10H,(H,27,30). The molecule has 2 heterocycles. The molecule has 0 atom stereocenters. The minimum absolute atomic E-state index is 0.0726. The summed E-state index contributed by atoms with van der Waals surface area (Å²) in [6.45, 7) is 0. The van der Waals surface area contributed by atoms with E-state index in [0.717, 1.165) is 16.7 Å². The molecule has 0 aliphatic carbocycles. The third-order valence-electron chi connectivity index (χ3n) is 4.25. The first-order chi connectivity index (χ1) is 14.2. The van der Waals surface area contributed by atoms with Crippen molar-refractivity contribution in [3.05, 3.63) is 81.5 Å². The molecular weight excluding hydrogens is 485 g/mol. The van der Waals surface area contributed by atoms with Crippen LogP contribution in [-0.4, -0.2) is 20.5 Å². The van der Waals surface area contributed by atoms with E-state index in [2.05, 4.69) is 31.3 Å². The number of alkyl halides is 3. The molecule has 0 fully saturated rings. The van der Waals surface area contributed by atoms with Gasteiger partial charge in [0.2, 0.25) is 0 Å². The maximum atomic E-state index is 13.7.